The summed E-state index contributed by atoms with van der Waals surface area (Å²) in [6, 6.07) is 4.69. The van der Waals surface area contributed by atoms with Crippen LogP contribution in [-0.4, -0.2) is 20.7 Å². The Morgan fingerprint density at radius 1 is 1.38 bits per heavy atom. The molecule has 0 aromatic heterocycles. The molecule has 0 spiro atoms. The predicted octanol–water partition coefficient (Wildman–Crippen LogP) is 1.62. The highest BCUT2D eigenvalue weighted by Gasteiger charge is 2.24. The van der Waals surface area contributed by atoms with Gasteiger partial charge in [0.1, 0.15) is 0 Å². The van der Waals surface area contributed by atoms with Crippen LogP contribution >= 0.6 is 0 Å². The molecule has 4 nitrogen and oxygen atoms in total. The van der Waals surface area contributed by atoms with Crippen LogP contribution in [0, 0.1) is 0 Å². The van der Waals surface area contributed by atoms with Crippen molar-refractivity contribution < 1.29 is 17.2 Å². The second-order valence-corrected chi connectivity index (χ2v) is 5.11. The van der Waals surface area contributed by atoms with E-state index in [4.69, 9.17) is 0 Å². The summed E-state index contributed by atoms with van der Waals surface area (Å²) >= 11 is 0. The van der Waals surface area contributed by atoms with Gasteiger partial charge in [0.25, 0.3) is 10.0 Å². The van der Waals surface area contributed by atoms with Gasteiger partial charge in [-0.2, -0.15) is 8.78 Å². The van der Waals surface area contributed by atoms with Crippen LogP contribution in [0.15, 0.2) is 18.2 Å². The minimum Gasteiger partial charge on any atom is -0.384 e. The van der Waals surface area contributed by atoms with Crippen LogP contribution in [-0.2, 0) is 16.4 Å². The zero-order valence-electron chi connectivity index (χ0n) is 8.20. The first-order valence-electron chi connectivity index (χ1n) is 4.65. The lowest BCUT2D eigenvalue weighted by Gasteiger charge is -2.08. The maximum Gasteiger partial charge on any atom is 0.355 e. The zero-order valence-corrected chi connectivity index (χ0v) is 9.02. The van der Waals surface area contributed by atoms with E-state index in [9.17, 15) is 17.2 Å². The smallest absolute Gasteiger partial charge is 0.355 e. The van der Waals surface area contributed by atoms with Gasteiger partial charge < -0.3 is 5.32 Å². The number of rotatable bonds is 3. The number of benzene rings is 1. The lowest BCUT2D eigenvalue weighted by molar-refractivity contribution is 0.236. The normalized spacial score (nSPS) is 14.7. The maximum absolute atomic E-state index is 12.1. The molecule has 0 atom stereocenters. The van der Waals surface area contributed by atoms with Crippen molar-refractivity contribution in [2.75, 3.05) is 16.6 Å². The lowest BCUT2D eigenvalue weighted by atomic mass is 10.1. The van der Waals surface area contributed by atoms with Crippen LogP contribution in [0.2, 0.25) is 0 Å². The molecule has 0 saturated heterocycles. The first-order chi connectivity index (χ1) is 7.49. The average Bonchev–Trinajstić information content (AvgIpc) is 2.63. The van der Waals surface area contributed by atoms with Gasteiger partial charge in [0.05, 0.1) is 0 Å². The van der Waals surface area contributed by atoms with Crippen LogP contribution in [0.4, 0.5) is 20.2 Å². The fourth-order valence-electron chi connectivity index (χ4n) is 1.58. The van der Waals surface area contributed by atoms with Crippen LogP contribution in [0.5, 0.6) is 0 Å². The van der Waals surface area contributed by atoms with Crippen LogP contribution in [0.25, 0.3) is 0 Å². The number of sulfonamides is 1. The van der Waals surface area contributed by atoms with Gasteiger partial charge in [0.2, 0.25) is 0 Å². The standard InChI is InChI=1S/C9H10F2N2O2S/c10-9(11)16(14,15)13-7-1-2-8-6(5-7)3-4-12-8/h1-2,5,9,12-13H,3-4H2. The third-order valence-electron chi connectivity index (χ3n) is 2.31. The molecule has 1 aliphatic rings. The Balaban J connectivity index is 2.24. The fraction of sp³-hybridized carbons (Fsp3) is 0.333. The third-order valence-corrected chi connectivity index (χ3v) is 3.30. The highest BCUT2D eigenvalue weighted by molar-refractivity contribution is 7.93. The lowest BCUT2D eigenvalue weighted by Crippen LogP contribution is -2.20. The van der Waals surface area contributed by atoms with E-state index in [0.717, 1.165) is 24.2 Å². The summed E-state index contributed by atoms with van der Waals surface area (Å²) in [5.74, 6) is -3.42. The molecule has 2 rings (SSSR count). The van der Waals surface area contributed by atoms with E-state index in [0.29, 0.717) is 0 Å². The molecule has 1 aliphatic heterocycles. The van der Waals surface area contributed by atoms with Crippen molar-refractivity contribution >= 4 is 21.4 Å². The number of halogens is 2. The highest BCUT2D eigenvalue weighted by atomic mass is 32.2. The molecule has 0 bridgehead atoms. The quantitative estimate of drug-likeness (QED) is 0.854. The summed E-state index contributed by atoms with van der Waals surface area (Å²) in [4.78, 5) is 0. The van der Waals surface area contributed by atoms with E-state index in [-0.39, 0.29) is 5.69 Å². The van der Waals surface area contributed by atoms with Gasteiger partial charge in [-0.1, -0.05) is 0 Å². The van der Waals surface area contributed by atoms with Crippen LogP contribution in [0.1, 0.15) is 5.56 Å². The first kappa shape index (κ1) is 11.1. The largest absolute Gasteiger partial charge is 0.384 e. The average molecular weight is 248 g/mol. The SMILES string of the molecule is O=S(=O)(Nc1ccc2c(c1)CCN2)C(F)F. The van der Waals surface area contributed by atoms with E-state index in [1.54, 1.807) is 12.1 Å². The Hall–Kier alpha value is -1.37. The Kier molecular flexibility index (Phi) is 2.71. The highest BCUT2D eigenvalue weighted by Crippen LogP contribution is 2.26. The molecular formula is C9H10F2N2O2S. The Labute approximate surface area is 91.7 Å². The van der Waals surface area contributed by atoms with Gasteiger partial charge >= 0.3 is 5.76 Å². The molecule has 0 radical (unpaired) electrons. The molecular weight excluding hydrogens is 238 g/mol. The molecule has 2 N–H and O–H groups in total. The molecule has 1 heterocycles. The second kappa shape index (κ2) is 3.89. The van der Waals surface area contributed by atoms with E-state index in [1.807, 2.05) is 4.72 Å². The Morgan fingerprint density at radius 3 is 2.81 bits per heavy atom. The third kappa shape index (κ3) is 2.08. The summed E-state index contributed by atoms with van der Waals surface area (Å²) in [6.45, 7) is 0.778. The van der Waals surface area contributed by atoms with Crippen molar-refractivity contribution in [2.24, 2.45) is 0 Å². The molecule has 0 amide bonds. The molecule has 1 aromatic rings. The fourth-order valence-corrected chi connectivity index (χ4v) is 2.12. The maximum atomic E-state index is 12.1. The molecule has 0 aliphatic carbocycles. The van der Waals surface area contributed by atoms with E-state index in [1.165, 1.54) is 6.07 Å². The molecule has 0 fully saturated rings. The number of hydrogen-bond donors (Lipinski definition) is 2. The summed E-state index contributed by atoms with van der Waals surface area (Å²) in [6.07, 6.45) is 0.763. The van der Waals surface area contributed by atoms with Crippen LogP contribution < -0.4 is 10.0 Å². The zero-order chi connectivity index (χ0) is 11.8. The summed E-state index contributed by atoms with van der Waals surface area (Å²) in [5.41, 5.74) is 2.01. The van der Waals surface area contributed by atoms with Crippen molar-refractivity contribution in [1.82, 2.24) is 0 Å². The van der Waals surface area contributed by atoms with Crippen LogP contribution in [0.3, 0.4) is 0 Å². The minimum absolute atomic E-state index is 0.169. The number of fused-ring (bicyclic) bond motifs is 1. The van der Waals surface area contributed by atoms with Crippen molar-refractivity contribution in [3.63, 3.8) is 0 Å². The molecule has 1 aromatic carbocycles. The molecule has 0 unspecified atom stereocenters. The topological polar surface area (TPSA) is 58.2 Å². The Bertz CT molecular complexity index is 502. The number of alkyl halides is 2. The first-order valence-corrected chi connectivity index (χ1v) is 6.20. The number of hydrogen-bond acceptors (Lipinski definition) is 3. The number of nitrogens with one attached hydrogen (secondary N) is 2. The molecule has 0 saturated carbocycles. The summed E-state index contributed by atoms with van der Waals surface area (Å²) in [7, 11) is -4.57. The van der Waals surface area contributed by atoms with Gasteiger partial charge in [-0.3, -0.25) is 4.72 Å². The summed E-state index contributed by atoms with van der Waals surface area (Å²) in [5, 5.41) is 3.09. The second-order valence-electron chi connectivity index (χ2n) is 3.46. The predicted molar refractivity (Wildman–Crippen MR) is 57.2 cm³/mol. The van der Waals surface area contributed by atoms with Gasteiger partial charge in [-0.25, -0.2) is 8.42 Å². The van der Waals surface area contributed by atoms with Crippen molar-refractivity contribution in [2.45, 2.75) is 12.2 Å². The van der Waals surface area contributed by atoms with Gasteiger partial charge in [0.15, 0.2) is 0 Å². The molecule has 88 valence electrons. The Morgan fingerprint density at radius 2 is 2.12 bits per heavy atom. The van der Waals surface area contributed by atoms with E-state index < -0.39 is 15.8 Å². The van der Waals surface area contributed by atoms with E-state index in [2.05, 4.69) is 5.32 Å². The van der Waals surface area contributed by atoms with Gasteiger partial charge in [0, 0.05) is 17.9 Å². The number of anilines is 2. The minimum atomic E-state index is -4.57. The van der Waals surface area contributed by atoms with Crippen molar-refractivity contribution in [1.29, 1.82) is 0 Å². The van der Waals surface area contributed by atoms with Crippen molar-refractivity contribution in [3.8, 4) is 0 Å². The van der Waals surface area contributed by atoms with Gasteiger partial charge in [-0.05, 0) is 30.2 Å². The molecule has 16 heavy (non-hydrogen) atoms. The van der Waals surface area contributed by atoms with Crippen molar-refractivity contribution in [3.05, 3.63) is 23.8 Å². The monoisotopic (exact) mass is 248 g/mol. The molecule has 7 heteroatoms. The van der Waals surface area contributed by atoms with E-state index >= 15 is 0 Å². The summed E-state index contributed by atoms with van der Waals surface area (Å²) < 4.78 is 47.9. The van der Waals surface area contributed by atoms with Gasteiger partial charge in [-0.15, -0.1) is 0 Å².